The van der Waals surface area contributed by atoms with Gasteiger partial charge in [-0.1, -0.05) is 56.9 Å². The predicted molar refractivity (Wildman–Crippen MR) is 133 cm³/mol. The van der Waals surface area contributed by atoms with Crippen LogP contribution in [0, 0.1) is 25.2 Å². The van der Waals surface area contributed by atoms with Gasteiger partial charge in [0, 0.05) is 27.2 Å². The Hall–Kier alpha value is -3.07. The number of benzene rings is 3. The molecule has 1 N–H and O–H groups in total. The number of carbonyl (C=O) groups excluding carboxylic acids is 1. The van der Waals surface area contributed by atoms with Crippen molar-refractivity contribution in [2.24, 2.45) is 0 Å². The molecule has 1 amide bonds. The van der Waals surface area contributed by atoms with Gasteiger partial charge in [-0.2, -0.15) is 5.26 Å². The normalized spacial score (nSPS) is 11.1. The fourth-order valence-corrected chi connectivity index (χ4v) is 4.22. The van der Waals surface area contributed by atoms with Crippen molar-refractivity contribution in [3.05, 3.63) is 97.5 Å². The summed E-state index contributed by atoms with van der Waals surface area (Å²) in [6, 6.07) is 18.8. The number of ether oxygens (including phenoxy) is 1. The van der Waals surface area contributed by atoms with Crippen LogP contribution in [0.5, 0.6) is 5.75 Å². The van der Waals surface area contributed by atoms with Gasteiger partial charge in [0.05, 0.1) is 7.11 Å². The van der Waals surface area contributed by atoms with E-state index in [4.69, 9.17) is 16.3 Å². The molecule has 0 saturated heterocycles. The highest BCUT2D eigenvalue weighted by atomic mass is 79.9. The molecule has 3 rings (SSSR count). The van der Waals surface area contributed by atoms with E-state index in [1.807, 2.05) is 18.2 Å². The van der Waals surface area contributed by atoms with E-state index in [9.17, 15) is 10.1 Å². The monoisotopic (exact) mass is 508 g/mol. The van der Waals surface area contributed by atoms with Crippen molar-refractivity contribution in [3.8, 4) is 11.8 Å². The van der Waals surface area contributed by atoms with Gasteiger partial charge in [0.1, 0.15) is 17.4 Å². The molecule has 3 aromatic rings. The van der Waals surface area contributed by atoms with Gasteiger partial charge in [0.25, 0.3) is 5.91 Å². The topological polar surface area (TPSA) is 62.1 Å². The zero-order valence-electron chi connectivity index (χ0n) is 18.0. The lowest BCUT2D eigenvalue weighted by atomic mass is 9.98. The number of carbonyl (C=O) groups is 1. The number of nitrogens with one attached hydrogen (secondary N) is 1. The first kappa shape index (κ1) is 23.6. The van der Waals surface area contributed by atoms with Crippen molar-refractivity contribution in [3.63, 3.8) is 0 Å². The number of halogens is 2. The molecule has 4 nitrogen and oxygen atoms in total. The number of aryl methyl sites for hydroxylation is 2. The van der Waals surface area contributed by atoms with Gasteiger partial charge in [-0.05, 0) is 67.4 Å². The second kappa shape index (κ2) is 10.5. The van der Waals surface area contributed by atoms with Crippen LogP contribution < -0.4 is 10.1 Å². The maximum absolute atomic E-state index is 12.6. The first-order valence-electron chi connectivity index (χ1n) is 9.91. The molecule has 0 bridgehead atoms. The minimum absolute atomic E-state index is 0.0176. The summed E-state index contributed by atoms with van der Waals surface area (Å²) < 4.78 is 6.47. The maximum atomic E-state index is 12.6. The average Bonchev–Trinajstić information content (AvgIpc) is 2.74. The van der Waals surface area contributed by atoms with Crippen LogP contribution in [0.15, 0.2) is 64.6 Å². The number of hydrogen-bond donors (Lipinski definition) is 1. The summed E-state index contributed by atoms with van der Waals surface area (Å²) in [6.45, 7) is 4.16. The van der Waals surface area contributed by atoms with E-state index in [0.717, 1.165) is 10.0 Å². The molecule has 0 aromatic heterocycles. The molecular formula is C26H22BrClN2O2. The van der Waals surface area contributed by atoms with Crippen molar-refractivity contribution < 1.29 is 9.53 Å². The van der Waals surface area contributed by atoms with Crippen LogP contribution >= 0.6 is 27.5 Å². The Bertz CT molecular complexity index is 1210. The number of hydrogen-bond acceptors (Lipinski definition) is 3. The Kier molecular flexibility index (Phi) is 7.74. The Morgan fingerprint density at radius 3 is 2.38 bits per heavy atom. The standard InChI is InChI=1S/C26H22BrClN2O2/c1-16-8-17(2)10-18(9-16)12-23-24(27)13-19(14-25(23)32-3)11-20(15-29)26(31)30-22-6-4-21(28)5-7-22/h4-11,13-14H,12H2,1-3H3,(H,30,31)/b20-11+. The average molecular weight is 510 g/mol. The van der Waals surface area contributed by atoms with Gasteiger partial charge in [-0.15, -0.1) is 0 Å². The predicted octanol–water partition coefficient (Wildman–Crippen LogP) is 6.86. The number of amides is 1. The van der Waals surface area contributed by atoms with Gasteiger partial charge in [-0.25, -0.2) is 0 Å². The van der Waals surface area contributed by atoms with Crippen LogP contribution in [0.1, 0.15) is 27.8 Å². The van der Waals surface area contributed by atoms with E-state index in [0.29, 0.717) is 28.4 Å². The molecule has 6 heteroatoms. The molecule has 0 saturated carbocycles. The van der Waals surface area contributed by atoms with E-state index in [1.165, 1.54) is 16.7 Å². The summed E-state index contributed by atoms with van der Waals surface area (Å²) in [5, 5.41) is 12.8. The molecule has 162 valence electrons. The molecule has 0 aliphatic carbocycles. The van der Waals surface area contributed by atoms with Gasteiger partial charge in [0.2, 0.25) is 0 Å². The van der Waals surface area contributed by atoms with Crippen molar-refractivity contribution in [1.29, 1.82) is 5.26 Å². The van der Waals surface area contributed by atoms with Crippen molar-refractivity contribution in [2.75, 3.05) is 12.4 Å². The fraction of sp³-hybridized carbons (Fsp3) is 0.154. The molecule has 0 spiro atoms. The molecule has 0 aliphatic heterocycles. The Balaban J connectivity index is 1.89. The maximum Gasteiger partial charge on any atom is 0.266 e. The Labute approximate surface area is 201 Å². The zero-order chi connectivity index (χ0) is 23.3. The summed E-state index contributed by atoms with van der Waals surface area (Å²) in [7, 11) is 1.61. The minimum atomic E-state index is -0.496. The molecule has 32 heavy (non-hydrogen) atoms. The summed E-state index contributed by atoms with van der Waals surface area (Å²) >= 11 is 9.51. The SMILES string of the molecule is COc1cc(/C=C(\C#N)C(=O)Nc2ccc(Cl)cc2)cc(Br)c1Cc1cc(C)cc(C)c1. The molecule has 0 fully saturated rings. The van der Waals surface area contributed by atoms with E-state index < -0.39 is 5.91 Å². The smallest absolute Gasteiger partial charge is 0.266 e. The van der Waals surface area contributed by atoms with E-state index in [2.05, 4.69) is 53.3 Å². The lowest BCUT2D eigenvalue weighted by Gasteiger charge is -2.13. The summed E-state index contributed by atoms with van der Waals surface area (Å²) in [5.74, 6) is 0.185. The first-order chi connectivity index (χ1) is 15.3. The Morgan fingerprint density at radius 2 is 1.78 bits per heavy atom. The molecule has 0 radical (unpaired) electrons. The number of methoxy groups -OCH3 is 1. The third-order valence-corrected chi connectivity index (χ3v) is 5.80. The largest absolute Gasteiger partial charge is 0.496 e. The van der Waals surface area contributed by atoms with Crippen LogP contribution in [0.4, 0.5) is 5.69 Å². The molecule has 0 heterocycles. The van der Waals surface area contributed by atoms with Crippen molar-refractivity contribution in [2.45, 2.75) is 20.3 Å². The van der Waals surface area contributed by atoms with Crippen LogP contribution in [-0.4, -0.2) is 13.0 Å². The van der Waals surface area contributed by atoms with Gasteiger partial charge < -0.3 is 10.1 Å². The lowest BCUT2D eigenvalue weighted by Crippen LogP contribution is -2.13. The van der Waals surface area contributed by atoms with Gasteiger partial charge >= 0.3 is 0 Å². The summed E-state index contributed by atoms with van der Waals surface area (Å²) in [5.41, 5.74) is 5.82. The van der Waals surface area contributed by atoms with Crippen molar-refractivity contribution in [1.82, 2.24) is 0 Å². The van der Waals surface area contributed by atoms with Gasteiger partial charge in [-0.3, -0.25) is 4.79 Å². The van der Waals surface area contributed by atoms with Gasteiger partial charge in [0.15, 0.2) is 0 Å². The highest BCUT2D eigenvalue weighted by Gasteiger charge is 2.14. The van der Waals surface area contributed by atoms with Crippen LogP contribution in [0.25, 0.3) is 6.08 Å². The third kappa shape index (κ3) is 6.00. The first-order valence-corrected chi connectivity index (χ1v) is 11.1. The van der Waals surface area contributed by atoms with E-state index in [-0.39, 0.29) is 5.57 Å². The lowest BCUT2D eigenvalue weighted by molar-refractivity contribution is -0.112. The summed E-state index contributed by atoms with van der Waals surface area (Å²) in [4.78, 5) is 12.6. The number of rotatable bonds is 6. The fourth-order valence-electron chi connectivity index (χ4n) is 3.49. The third-order valence-electron chi connectivity index (χ3n) is 4.84. The second-order valence-corrected chi connectivity index (χ2v) is 8.78. The number of anilines is 1. The van der Waals surface area contributed by atoms with E-state index in [1.54, 1.807) is 37.5 Å². The Morgan fingerprint density at radius 1 is 1.12 bits per heavy atom. The highest BCUT2D eigenvalue weighted by molar-refractivity contribution is 9.10. The molecule has 0 unspecified atom stereocenters. The highest BCUT2D eigenvalue weighted by Crippen LogP contribution is 2.32. The number of nitrogens with zero attached hydrogens (tertiary/aromatic N) is 1. The quantitative estimate of drug-likeness (QED) is 0.291. The molecule has 3 aromatic carbocycles. The zero-order valence-corrected chi connectivity index (χ0v) is 20.3. The number of nitriles is 1. The van der Waals surface area contributed by atoms with Crippen LogP contribution in [0.3, 0.4) is 0 Å². The summed E-state index contributed by atoms with van der Waals surface area (Å²) in [6.07, 6.45) is 2.23. The van der Waals surface area contributed by atoms with Crippen LogP contribution in [0.2, 0.25) is 5.02 Å². The van der Waals surface area contributed by atoms with Crippen molar-refractivity contribution >= 4 is 45.2 Å². The van der Waals surface area contributed by atoms with Crippen LogP contribution in [-0.2, 0) is 11.2 Å². The van der Waals surface area contributed by atoms with E-state index >= 15 is 0 Å². The molecule has 0 atom stereocenters. The minimum Gasteiger partial charge on any atom is -0.496 e. The molecular weight excluding hydrogens is 488 g/mol. The second-order valence-electron chi connectivity index (χ2n) is 7.49. The molecule has 0 aliphatic rings.